The summed E-state index contributed by atoms with van der Waals surface area (Å²) in [6.45, 7) is 4.72. The van der Waals surface area contributed by atoms with Gasteiger partial charge >= 0.3 is 0 Å². The zero-order valence-electron chi connectivity index (χ0n) is 11.9. The van der Waals surface area contributed by atoms with Crippen LogP contribution in [0.15, 0.2) is 12.1 Å². The number of alkyl halides is 1. The molecule has 0 radical (unpaired) electrons. The van der Waals surface area contributed by atoms with Crippen molar-refractivity contribution < 1.29 is 9.13 Å². The molecule has 1 fully saturated rings. The number of aromatic nitrogens is 2. The summed E-state index contributed by atoms with van der Waals surface area (Å²) in [6, 6.07) is 3.06. The molecule has 2 aromatic rings. The number of hydrogen-bond donors (Lipinski definition) is 0. The van der Waals surface area contributed by atoms with Crippen LogP contribution >= 0.6 is 23.2 Å². The molecular formula is C15H17Cl2FN2O. The van der Waals surface area contributed by atoms with Crippen molar-refractivity contribution in [3.05, 3.63) is 28.8 Å². The average molecular weight is 331 g/mol. The Labute approximate surface area is 133 Å². The Bertz CT molecular complexity index is 665. The second kappa shape index (κ2) is 5.75. The van der Waals surface area contributed by atoms with E-state index in [0.29, 0.717) is 5.52 Å². The SMILES string of the molecule is CC(Cl)c1nc2cc(F)c(Cl)cc2n1C(C)C1CCCO1. The number of benzene rings is 1. The molecule has 1 aromatic heterocycles. The summed E-state index contributed by atoms with van der Waals surface area (Å²) < 4.78 is 21.5. The Morgan fingerprint density at radius 2 is 2.19 bits per heavy atom. The Morgan fingerprint density at radius 3 is 2.81 bits per heavy atom. The molecule has 0 aliphatic carbocycles. The van der Waals surface area contributed by atoms with Crippen LogP contribution in [-0.4, -0.2) is 22.3 Å². The van der Waals surface area contributed by atoms with Gasteiger partial charge < -0.3 is 9.30 Å². The average Bonchev–Trinajstić information content (AvgIpc) is 3.06. The highest BCUT2D eigenvalue weighted by Crippen LogP contribution is 2.34. The van der Waals surface area contributed by atoms with E-state index in [4.69, 9.17) is 27.9 Å². The van der Waals surface area contributed by atoms with E-state index < -0.39 is 5.82 Å². The van der Waals surface area contributed by atoms with Gasteiger partial charge in [0.2, 0.25) is 0 Å². The third-order valence-electron chi connectivity index (χ3n) is 4.02. The van der Waals surface area contributed by atoms with Crippen LogP contribution in [0.3, 0.4) is 0 Å². The molecule has 3 atom stereocenters. The highest BCUT2D eigenvalue weighted by molar-refractivity contribution is 6.31. The lowest BCUT2D eigenvalue weighted by Gasteiger charge is -2.23. The molecule has 2 heterocycles. The van der Waals surface area contributed by atoms with Gasteiger partial charge in [-0.1, -0.05) is 11.6 Å². The molecule has 1 aliphatic rings. The lowest BCUT2D eigenvalue weighted by molar-refractivity contribution is 0.0736. The van der Waals surface area contributed by atoms with E-state index >= 15 is 0 Å². The molecule has 0 spiro atoms. The molecule has 1 aliphatic heterocycles. The van der Waals surface area contributed by atoms with E-state index in [0.717, 1.165) is 30.8 Å². The van der Waals surface area contributed by atoms with Gasteiger partial charge in [-0.2, -0.15) is 0 Å². The second-order valence-electron chi connectivity index (χ2n) is 5.50. The number of ether oxygens (including phenoxy) is 1. The maximum absolute atomic E-state index is 13.7. The molecule has 3 rings (SSSR count). The Balaban J connectivity index is 2.17. The monoisotopic (exact) mass is 330 g/mol. The van der Waals surface area contributed by atoms with Crippen molar-refractivity contribution in [3.8, 4) is 0 Å². The smallest absolute Gasteiger partial charge is 0.144 e. The van der Waals surface area contributed by atoms with E-state index in [-0.39, 0.29) is 22.5 Å². The predicted molar refractivity (Wildman–Crippen MR) is 82.7 cm³/mol. The van der Waals surface area contributed by atoms with Crippen LogP contribution in [0.2, 0.25) is 5.02 Å². The van der Waals surface area contributed by atoms with Crippen LogP contribution in [0.1, 0.15) is 43.9 Å². The molecule has 1 saturated heterocycles. The van der Waals surface area contributed by atoms with Crippen molar-refractivity contribution in [2.24, 2.45) is 0 Å². The fraction of sp³-hybridized carbons (Fsp3) is 0.533. The van der Waals surface area contributed by atoms with Gasteiger partial charge in [-0.3, -0.25) is 0 Å². The zero-order valence-corrected chi connectivity index (χ0v) is 13.5. The Kier molecular flexibility index (Phi) is 4.12. The number of fused-ring (bicyclic) bond motifs is 1. The largest absolute Gasteiger partial charge is 0.376 e. The molecule has 114 valence electrons. The first-order valence-electron chi connectivity index (χ1n) is 7.11. The van der Waals surface area contributed by atoms with Crippen molar-refractivity contribution in [3.63, 3.8) is 0 Å². The normalized spacial score (nSPS) is 21.9. The Morgan fingerprint density at radius 1 is 1.43 bits per heavy atom. The minimum Gasteiger partial charge on any atom is -0.376 e. The summed E-state index contributed by atoms with van der Waals surface area (Å²) in [7, 11) is 0. The van der Waals surface area contributed by atoms with Gasteiger partial charge in [0.05, 0.1) is 33.6 Å². The van der Waals surface area contributed by atoms with Gasteiger partial charge in [-0.15, -0.1) is 11.6 Å². The molecule has 3 nitrogen and oxygen atoms in total. The number of rotatable bonds is 3. The topological polar surface area (TPSA) is 27.1 Å². The molecular weight excluding hydrogens is 314 g/mol. The summed E-state index contributed by atoms with van der Waals surface area (Å²) in [6.07, 6.45) is 2.19. The van der Waals surface area contributed by atoms with Crippen molar-refractivity contribution >= 4 is 34.2 Å². The predicted octanol–water partition coefficient (Wildman–Crippen LogP) is 4.87. The molecule has 0 bridgehead atoms. The third-order valence-corrected chi connectivity index (χ3v) is 4.51. The van der Waals surface area contributed by atoms with E-state index in [1.165, 1.54) is 6.07 Å². The standard InChI is InChI=1S/C15H17Cl2FN2O/c1-8(16)15-19-12-7-11(18)10(17)6-13(12)20(15)9(2)14-4-3-5-21-14/h6-9,14H,3-5H2,1-2H3. The first-order chi connectivity index (χ1) is 9.99. The van der Waals surface area contributed by atoms with Gasteiger partial charge in [-0.25, -0.2) is 9.37 Å². The van der Waals surface area contributed by atoms with Crippen LogP contribution in [-0.2, 0) is 4.74 Å². The van der Waals surface area contributed by atoms with Crippen molar-refractivity contribution in [1.29, 1.82) is 0 Å². The molecule has 1 aromatic carbocycles. The van der Waals surface area contributed by atoms with Gasteiger partial charge in [-0.05, 0) is 32.8 Å². The zero-order chi connectivity index (χ0) is 15.1. The molecule has 3 unspecified atom stereocenters. The van der Waals surface area contributed by atoms with Crippen LogP contribution in [0, 0.1) is 5.82 Å². The fourth-order valence-corrected chi connectivity index (χ4v) is 3.28. The maximum Gasteiger partial charge on any atom is 0.144 e. The van der Waals surface area contributed by atoms with Crippen molar-refractivity contribution in [2.45, 2.75) is 44.2 Å². The van der Waals surface area contributed by atoms with E-state index in [9.17, 15) is 4.39 Å². The van der Waals surface area contributed by atoms with Crippen LogP contribution in [0.25, 0.3) is 11.0 Å². The number of halogens is 3. The van der Waals surface area contributed by atoms with E-state index in [1.807, 2.05) is 11.5 Å². The minimum absolute atomic E-state index is 0.0789. The molecule has 0 amide bonds. The summed E-state index contributed by atoms with van der Waals surface area (Å²) in [4.78, 5) is 4.48. The number of hydrogen-bond acceptors (Lipinski definition) is 2. The van der Waals surface area contributed by atoms with E-state index in [1.54, 1.807) is 6.07 Å². The van der Waals surface area contributed by atoms with Crippen molar-refractivity contribution in [2.75, 3.05) is 6.61 Å². The lowest BCUT2D eigenvalue weighted by Crippen LogP contribution is -2.22. The molecule has 21 heavy (non-hydrogen) atoms. The molecule has 0 saturated carbocycles. The fourth-order valence-electron chi connectivity index (χ4n) is 2.97. The lowest BCUT2D eigenvalue weighted by atomic mass is 10.1. The number of nitrogens with zero attached hydrogens (tertiary/aromatic N) is 2. The third kappa shape index (κ3) is 2.65. The number of imidazole rings is 1. The summed E-state index contributed by atoms with van der Waals surface area (Å²) in [5, 5.41) is -0.181. The minimum atomic E-state index is -0.465. The molecule has 0 N–H and O–H groups in total. The summed E-state index contributed by atoms with van der Waals surface area (Å²) in [5.74, 6) is 0.253. The van der Waals surface area contributed by atoms with Gasteiger partial charge in [0.1, 0.15) is 11.6 Å². The van der Waals surface area contributed by atoms with Gasteiger partial charge in [0.25, 0.3) is 0 Å². The maximum atomic E-state index is 13.7. The molecule has 6 heteroatoms. The van der Waals surface area contributed by atoms with E-state index in [2.05, 4.69) is 11.9 Å². The van der Waals surface area contributed by atoms with Crippen LogP contribution < -0.4 is 0 Å². The van der Waals surface area contributed by atoms with Crippen molar-refractivity contribution in [1.82, 2.24) is 9.55 Å². The highest BCUT2D eigenvalue weighted by atomic mass is 35.5. The van der Waals surface area contributed by atoms with Gasteiger partial charge in [0, 0.05) is 12.7 Å². The Hall–Kier alpha value is -0.840. The van der Waals surface area contributed by atoms with Gasteiger partial charge in [0.15, 0.2) is 0 Å². The summed E-state index contributed by atoms with van der Waals surface area (Å²) in [5.41, 5.74) is 1.37. The summed E-state index contributed by atoms with van der Waals surface area (Å²) >= 11 is 12.2. The van der Waals surface area contributed by atoms with Crippen LogP contribution in [0.4, 0.5) is 4.39 Å². The first kappa shape index (κ1) is 15.1. The highest BCUT2D eigenvalue weighted by Gasteiger charge is 2.28. The second-order valence-corrected chi connectivity index (χ2v) is 6.56. The first-order valence-corrected chi connectivity index (χ1v) is 7.93. The quantitative estimate of drug-likeness (QED) is 0.751. The van der Waals surface area contributed by atoms with Crippen LogP contribution in [0.5, 0.6) is 0 Å².